The third-order valence-corrected chi connectivity index (χ3v) is 4.60. The second kappa shape index (κ2) is 8.16. The fraction of sp³-hybridized carbons (Fsp3) is 0.318. The first-order valence-corrected chi connectivity index (χ1v) is 9.37. The van der Waals surface area contributed by atoms with E-state index in [9.17, 15) is 9.59 Å². The molecule has 0 saturated carbocycles. The monoisotopic (exact) mass is 363 g/mol. The van der Waals surface area contributed by atoms with Gasteiger partial charge in [-0.15, -0.1) is 0 Å². The lowest BCUT2D eigenvalue weighted by molar-refractivity contribution is 0.0926. The Hall–Kier alpha value is -2.95. The van der Waals surface area contributed by atoms with Gasteiger partial charge < -0.3 is 5.32 Å². The molecule has 0 radical (unpaired) electrons. The number of aromatic nitrogens is 2. The average molecular weight is 363 g/mol. The summed E-state index contributed by atoms with van der Waals surface area (Å²) in [7, 11) is 0. The van der Waals surface area contributed by atoms with Crippen LogP contribution in [0.15, 0.2) is 59.4 Å². The van der Waals surface area contributed by atoms with E-state index in [1.165, 1.54) is 4.68 Å². The van der Waals surface area contributed by atoms with Gasteiger partial charge in [-0.05, 0) is 30.9 Å². The molecule has 140 valence electrons. The molecule has 1 atom stereocenters. The number of hydrogen-bond donors (Lipinski definition) is 1. The van der Waals surface area contributed by atoms with E-state index in [0.717, 1.165) is 12.0 Å². The van der Waals surface area contributed by atoms with Crippen LogP contribution in [0.5, 0.6) is 0 Å². The molecule has 0 aliphatic carbocycles. The Morgan fingerprint density at radius 3 is 2.30 bits per heavy atom. The topological polar surface area (TPSA) is 64.0 Å². The lowest BCUT2D eigenvalue weighted by atomic mass is 9.96. The maximum absolute atomic E-state index is 13.1. The quantitative estimate of drug-likeness (QED) is 0.722. The van der Waals surface area contributed by atoms with Crippen molar-refractivity contribution in [1.29, 1.82) is 0 Å². The van der Waals surface area contributed by atoms with E-state index in [1.54, 1.807) is 18.2 Å². The van der Waals surface area contributed by atoms with Crippen LogP contribution in [0.25, 0.3) is 10.8 Å². The fourth-order valence-corrected chi connectivity index (χ4v) is 3.28. The smallest absolute Gasteiger partial charge is 0.274 e. The molecule has 0 aliphatic rings. The Bertz CT molecular complexity index is 993. The summed E-state index contributed by atoms with van der Waals surface area (Å²) < 4.78 is 1.34. The van der Waals surface area contributed by atoms with Crippen molar-refractivity contribution < 1.29 is 4.79 Å². The molecule has 1 heterocycles. The van der Waals surface area contributed by atoms with E-state index in [0.29, 0.717) is 23.2 Å². The van der Waals surface area contributed by atoms with Crippen LogP contribution >= 0.6 is 0 Å². The van der Waals surface area contributed by atoms with Gasteiger partial charge in [-0.25, -0.2) is 4.68 Å². The van der Waals surface area contributed by atoms with Crippen LogP contribution in [0.2, 0.25) is 0 Å². The van der Waals surface area contributed by atoms with Gasteiger partial charge in [0.05, 0.1) is 11.4 Å². The number of nitrogens with one attached hydrogen (secondary N) is 1. The Labute approximate surface area is 159 Å². The molecule has 0 bridgehead atoms. The van der Waals surface area contributed by atoms with Crippen molar-refractivity contribution >= 4 is 16.7 Å². The van der Waals surface area contributed by atoms with Crippen molar-refractivity contribution in [2.75, 3.05) is 0 Å². The van der Waals surface area contributed by atoms with E-state index in [2.05, 4.69) is 24.3 Å². The van der Waals surface area contributed by atoms with Gasteiger partial charge in [-0.1, -0.05) is 62.4 Å². The van der Waals surface area contributed by atoms with Gasteiger partial charge in [0, 0.05) is 11.9 Å². The zero-order valence-electron chi connectivity index (χ0n) is 16.0. The molecule has 1 N–H and O–H groups in total. The highest BCUT2D eigenvalue weighted by Crippen LogP contribution is 2.22. The highest BCUT2D eigenvalue weighted by Gasteiger charge is 2.21. The van der Waals surface area contributed by atoms with Crippen LogP contribution in [0.3, 0.4) is 0 Å². The molecular formula is C22H25N3O2. The van der Waals surface area contributed by atoms with Gasteiger partial charge in [-0.2, -0.15) is 5.10 Å². The molecule has 1 amide bonds. The molecule has 1 unspecified atom stereocenters. The molecule has 0 saturated heterocycles. The van der Waals surface area contributed by atoms with Crippen molar-refractivity contribution in [3.63, 3.8) is 0 Å². The standard InChI is InChI=1S/C22H25N3O2/c1-4-25-22(27)18-13-9-8-12-17(18)20(24-25)21(26)23-19(14-15(2)3)16-10-6-5-7-11-16/h5-13,15,19H,4,14H2,1-3H3,(H,23,26). The summed E-state index contributed by atoms with van der Waals surface area (Å²) in [5.74, 6) is 0.160. The van der Waals surface area contributed by atoms with Crippen molar-refractivity contribution in [3.05, 3.63) is 76.2 Å². The van der Waals surface area contributed by atoms with Crippen LogP contribution in [0, 0.1) is 5.92 Å². The van der Waals surface area contributed by atoms with Crippen molar-refractivity contribution in [2.45, 2.75) is 39.8 Å². The minimum absolute atomic E-state index is 0.110. The van der Waals surface area contributed by atoms with Crippen LogP contribution in [0.1, 0.15) is 49.3 Å². The van der Waals surface area contributed by atoms with Gasteiger partial charge in [0.15, 0.2) is 5.69 Å². The predicted octanol–water partition coefficient (Wildman–Crippen LogP) is 3.93. The molecule has 0 aliphatic heterocycles. The Kier molecular flexibility index (Phi) is 5.69. The summed E-state index contributed by atoms with van der Waals surface area (Å²) in [4.78, 5) is 25.6. The predicted molar refractivity (Wildman–Crippen MR) is 108 cm³/mol. The van der Waals surface area contributed by atoms with Crippen molar-refractivity contribution in [1.82, 2.24) is 15.1 Å². The Morgan fingerprint density at radius 2 is 1.67 bits per heavy atom. The van der Waals surface area contributed by atoms with E-state index < -0.39 is 0 Å². The first-order chi connectivity index (χ1) is 13.0. The van der Waals surface area contributed by atoms with E-state index in [-0.39, 0.29) is 23.2 Å². The summed E-state index contributed by atoms with van der Waals surface area (Å²) in [5, 5.41) is 8.56. The van der Waals surface area contributed by atoms with Crippen LogP contribution in [0.4, 0.5) is 0 Å². The maximum Gasteiger partial charge on any atom is 0.274 e. The Morgan fingerprint density at radius 1 is 1.04 bits per heavy atom. The largest absolute Gasteiger partial charge is 0.344 e. The number of carbonyl (C=O) groups excluding carboxylic acids is 1. The number of amides is 1. The number of nitrogens with zero attached hydrogens (tertiary/aromatic N) is 2. The SMILES string of the molecule is CCn1nc(C(=O)NC(CC(C)C)c2ccccc2)c2ccccc2c1=O. The lowest BCUT2D eigenvalue weighted by Gasteiger charge is -2.21. The summed E-state index contributed by atoms with van der Waals surface area (Å²) in [6.45, 7) is 6.52. The third kappa shape index (κ3) is 4.08. The normalized spacial score (nSPS) is 12.3. The van der Waals surface area contributed by atoms with Gasteiger partial charge in [0.25, 0.3) is 11.5 Å². The average Bonchev–Trinajstić information content (AvgIpc) is 2.68. The van der Waals surface area contributed by atoms with Crippen LogP contribution in [-0.2, 0) is 6.54 Å². The Balaban J connectivity index is 2.02. The molecule has 2 aromatic carbocycles. The highest BCUT2D eigenvalue weighted by molar-refractivity contribution is 6.04. The number of aryl methyl sites for hydroxylation is 1. The zero-order chi connectivity index (χ0) is 19.4. The minimum Gasteiger partial charge on any atom is -0.344 e. The molecule has 1 aromatic heterocycles. The van der Waals surface area contributed by atoms with Gasteiger partial charge in [0.1, 0.15) is 0 Å². The summed E-state index contributed by atoms with van der Waals surface area (Å²) >= 11 is 0. The molecule has 0 fully saturated rings. The number of rotatable bonds is 6. The van der Waals surface area contributed by atoms with Crippen LogP contribution < -0.4 is 10.9 Å². The molecule has 5 nitrogen and oxygen atoms in total. The zero-order valence-corrected chi connectivity index (χ0v) is 16.0. The minimum atomic E-state index is -0.261. The highest BCUT2D eigenvalue weighted by atomic mass is 16.2. The first kappa shape index (κ1) is 18.8. The lowest BCUT2D eigenvalue weighted by Crippen LogP contribution is -2.33. The van der Waals surface area contributed by atoms with E-state index >= 15 is 0 Å². The molecule has 5 heteroatoms. The maximum atomic E-state index is 13.1. The van der Waals surface area contributed by atoms with E-state index in [1.807, 2.05) is 43.3 Å². The molecule has 27 heavy (non-hydrogen) atoms. The number of carbonyl (C=O) groups is 1. The van der Waals surface area contributed by atoms with Gasteiger partial charge in [0.2, 0.25) is 0 Å². The van der Waals surface area contributed by atoms with Crippen LogP contribution in [-0.4, -0.2) is 15.7 Å². The van der Waals surface area contributed by atoms with Gasteiger partial charge in [-0.3, -0.25) is 9.59 Å². The second-order valence-electron chi connectivity index (χ2n) is 7.08. The van der Waals surface area contributed by atoms with Crippen molar-refractivity contribution in [2.24, 2.45) is 5.92 Å². The van der Waals surface area contributed by atoms with E-state index in [4.69, 9.17) is 0 Å². The molecular weight excluding hydrogens is 338 g/mol. The number of benzene rings is 2. The molecule has 3 aromatic rings. The summed E-state index contributed by atoms with van der Waals surface area (Å²) in [6, 6.07) is 17.0. The molecule has 3 rings (SSSR count). The molecule has 0 spiro atoms. The summed E-state index contributed by atoms with van der Waals surface area (Å²) in [6.07, 6.45) is 0.821. The number of fused-ring (bicyclic) bond motifs is 1. The van der Waals surface area contributed by atoms with Crippen molar-refractivity contribution in [3.8, 4) is 0 Å². The third-order valence-electron chi connectivity index (χ3n) is 4.60. The second-order valence-corrected chi connectivity index (χ2v) is 7.08. The summed E-state index contributed by atoms with van der Waals surface area (Å²) in [5.41, 5.74) is 1.18. The van der Waals surface area contributed by atoms with Gasteiger partial charge >= 0.3 is 0 Å². The number of hydrogen-bond acceptors (Lipinski definition) is 3. The first-order valence-electron chi connectivity index (χ1n) is 9.37. The fourth-order valence-electron chi connectivity index (χ4n) is 3.28.